The highest BCUT2D eigenvalue weighted by Gasteiger charge is 2.05. The Bertz CT molecular complexity index is 644. The second kappa shape index (κ2) is 9.57. The number of phenols is 1. The van der Waals surface area contributed by atoms with Crippen molar-refractivity contribution < 1.29 is 14.6 Å². The number of rotatable bonds is 10. The fraction of sp³-hybridized carbons (Fsp3) is 0.316. The summed E-state index contributed by atoms with van der Waals surface area (Å²) in [5.74, 6) is 0.00917. The maximum absolute atomic E-state index is 10.9. The fourth-order valence-corrected chi connectivity index (χ4v) is 2.42. The first-order valence-electron chi connectivity index (χ1n) is 8.13. The molecule has 128 valence electrons. The first-order chi connectivity index (χ1) is 11.6. The van der Waals surface area contributed by atoms with Crippen molar-refractivity contribution in [3.8, 4) is 11.5 Å². The summed E-state index contributed by atoms with van der Waals surface area (Å²) in [6.07, 6.45) is 2.23. The van der Waals surface area contributed by atoms with E-state index in [4.69, 9.17) is 10.5 Å². The molecule has 0 atom stereocenters. The number of aromatic hydroxyl groups is 1. The van der Waals surface area contributed by atoms with Gasteiger partial charge in [0.25, 0.3) is 0 Å². The van der Waals surface area contributed by atoms with E-state index in [9.17, 15) is 9.90 Å². The summed E-state index contributed by atoms with van der Waals surface area (Å²) in [6, 6.07) is 15.3. The lowest BCUT2D eigenvalue weighted by atomic mass is 10.1. The first-order valence-corrected chi connectivity index (χ1v) is 8.13. The molecule has 1 amide bonds. The predicted molar refractivity (Wildman–Crippen MR) is 94.1 cm³/mol. The number of hydrogen-bond donors (Lipinski definition) is 3. The Hall–Kier alpha value is -2.53. The van der Waals surface area contributed by atoms with Crippen LogP contribution >= 0.6 is 0 Å². The molecule has 0 aromatic heterocycles. The van der Waals surface area contributed by atoms with E-state index in [-0.39, 0.29) is 12.2 Å². The van der Waals surface area contributed by atoms with E-state index >= 15 is 0 Å². The van der Waals surface area contributed by atoms with Crippen LogP contribution in [-0.4, -0.2) is 30.7 Å². The molecule has 2 aromatic rings. The lowest BCUT2D eigenvalue weighted by Gasteiger charge is -2.10. The van der Waals surface area contributed by atoms with Crippen molar-refractivity contribution in [3.63, 3.8) is 0 Å². The third kappa shape index (κ3) is 6.30. The van der Waals surface area contributed by atoms with Crippen LogP contribution in [0.4, 0.5) is 0 Å². The van der Waals surface area contributed by atoms with Gasteiger partial charge in [0.15, 0.2) is 11.5 Å². The molecule has 0 aliphatic rings. The van der Waals surface area contributed by atoms with Gasteiger partial charge in [-0.25, -0.2) is 0 Å². The Morgan fingerprint density at radius 2 is 1.88 bits per heavy atom. The zero-order chi connectivity index (χ0) is 17.2. The van der Waals surface area contributed by atoms with E-state index in [1.807, 2.05) is 6.07 Å². The van der Waals surface area contributed by atoms with Gasteiger partial charge in [0.05, 0.1) is 6.42 Å². The van der Waals surface area contributed by atoms with Gasteiger partial charge in [0, 0.05) is 6.54 Å². The van der Waals surface area contributed by atoms with Crippen molar-refractivity contribution in [2.75, 3.05) is 19.7 Å². The number of hydrogen-bond acceptors (Lipinski definition) is 4. The molecular weight excluding hydrogens is 304 g/mol. The largest absolute Gasteiger partial charge is 0.504 e. The number of benzene rings is 2. The Balaban J connectivity index is 1.61. The van der Waals surface area contributed by atoms with E-state index in [0.29, 0.717) is 24.5 Å². The van der Waals surface area contributed by atoms with Crippen molar-refractivity contribution in [2.45, 2.75) is 19.3 Å². The number of nitrogens with two attached hydrogens (primary N) is 1. The quantitative estimate of drug-likeness (QED) is 0.583. The zero-order valence-corrected chi connectivity index (χ0v) is 13.7. The second-order valence-electron chi connectivity index (χ2n) is 5.63. The smallest absolute Gasteiger partial charge is 0.221 e. The number of phenolic OH excluding ortho intramolecular Hbond substituents is 1. The third-order valence-electron chi connectivity index (χ3n) is 3.60. The van der Waals surface area contributed by atoms with Crippen molar-refractivity contribution in [1.29, 1.82) is 0 Å². The first kappa shape index (κ1) is 17.8. The lowest BCUT2D eigenvalue weighted by Crippen LogP contribution is -2.22. The van der Waals surface area contributed by atoms with E-state index in [2.05, 4.69) is 29.6 Å². The number of nitrogens with one attached hydrogen (secondary N) is 1. The van der Waals surface area contributed by atoms with Crippen LogP contribution in [0.2, 0.25) is 0 Å². The van der Waals surface area contributed by atoms with Gasteiger partial charge in [-0.2, -0.15) is 0 Å². The van der Waals surface area contributed by atoms with E-state index in [1.165, 1.54) is 11.6 Å². The number of carbonyl (C=O) groups is 1. The molecule has 5 heteroatoms. The molecule has 2 rings (SSSR count). The average molecular weight is 328 g/mol. The highest BCUT2D eigenvalue weighted by molar-refractivity contribution is 5.76. The fourth-order valence-electron chi connectivity index (χ4n) is 2.42. The van der Waals surface area contributed by atoms with Crippen LogP contribution in [-0.2, 0) is 17.6 Å². The SMILES string of the molecule is NC(=O)Cc1ccc(OCCNCCCc2ccccc2)c(O)c1. The number of ether oxygens (including phenoxy) is 1. The van der Waals surface area contributed by atoms with Gasteiger partial charge < -0.3 is 20.9 Å². The Kier molecular flexibility index (Phi) is 7.11. The normalized spacial score (nSPS) is 10.5. The summed E-state index contributed by atoms with van der Waals surface area (Å²) >= 11 is 0. The topological polar surface area (TPSA) is 84.6 Å². The molecule has 0 radical (unpaired) electrons. The summed E-state index contributed by atoms with van der Waals surface area (Å²) in [7, 11) is 0. The van der Waals surface area contributed by atoms with Gasteiger partial charge >= 0.3 is 0 Å². The van der Waals surface area contributed by atoms with Crippen molar-refractivity contribution in [2.24, 2.45) is 5.73 Å². The molecule has 0 saturated carbocycles. The lowest BCUT2D eigenvalue weighted by molar-refractivity contribution is -0.117. The third-order valence-corrected chi connectivity index (χ3v) is 3.60. The van der Waals surface area contributed by atoms with Gasteiger partial charge in [-0.3, -0.25) is 4.79 Å². The summed E-state index contributed by atoms with van der Waals surface area (Å²) in [5.41, 5.74) is 7.14. The predicted octanol–water partition coefficient (Wildman–Crippen LogP) is 2.02. The molecule has 0 heterocycles. The number of carbonyl (C=O) groups excluding carboxylic acids is 1. The molecule has 0 spiro atoms. The van der Waals surface area contributed by atoms with Gasteiger partial charge in [-0.05, 0) is 42.6 Å². The minimum atomic E-state index is -0.428. The number of aryl methyl sites for hydroxylation is 1. The van der Waals surface area contributed by atoms with E-state index < -0.39 is 5.91 Å². The van der Waals surface area contributed by atoms with Crippen LogP contribution in [0.15, 0.2) is 48.5 Å². The van der Waals surface area contributed by atoms with Gasteiger partial charge in [0.2, 0.25) is 5.91 Å². The monoisotopic (exact) mass is 328 g/mol. The summed E-state index contributed by atoms with van der Waals surface area (Å²) in [5, 5.41) is 13.2. The maximum atomic E-state index is 10.9. The van der Waals surface area contributed by atoms with Gasteiger partial charge in [-0.1, -0.05) is 36.4 Å². The van der Waals surface area contributed by atoms with Crippen molar-refractivity contribution in [1.82, 2.24) is 5.32 Å². The van der Waals surface area contributed by atoms with Gasteiger partial charge in [-0.15, -0.1) is 0 Å². The standard InChI is InChI=1S/C19H24N2O3/c20-19(23)14-16-8-9-18(17(22)13-16)24-12-11-21-10-4-7-15-5-2-1-3-6-15/h1-3,5-6,8-9,13,21-22H,4,7,10-12,14H2,(H2,20,23). The van der Waals surface area contributed by atoms with E-state index in [0.717, 1.165) is 19.4 Å². The van der Waals surface area contributed by atoms with Gasteiger partial charge in [0.1, 0.15) is 6.61 Å². The minimum absolute atomic E-state index is 0.0258. The molecule has 0 saturated heterocycles. The molecule has 0 aliphatic carbocycles. The number of amides is 1. The van der Waals surface area contributed by atoms with E-state index in [1.54, 1.807) is 12.1 Å². The second-order valence-corrected chi connectivity index (χ2v) is 5.63. The van der Waals surface area contributed by atoms with Crippen LogP contribution in [0.1, 0.15) is 17.5 Å². The molecule has 5 nitrogen and oxygen atoms in total. The van der Waals surface area contributed by atoms with Crippen molar-refractivity contribution in [3.05, 3.63) is 59.7 Å². The maximum Gasteiger partial charge on any atom is 0.221 e. The van der Waals surface area contributed by atoms with Crippen LogP contribution in [0.3, 0.4) is 0 Å². The van der Waals surface area contributed by atoms with Crippen molar-refractivity contribution >= 4 is 5.91 Å². The molecule has 2 aromatic carbocycles. The molecule has 0 bridgehead atoms. The Morgan fingerprint density at radius 3 is 2.58 bits per heavy atom. The molecule has 0 aliphatic heterocycles. The molecule has 24 heavy (non-hydrogen) atoms. The Labute approximate surface area is 142 Å². The Morgan fingerprint density at radius 1 is 1.08 bits per heavy atom. The highest BCUT2D eigenvalue weighted by Crippen LogP contribution is 2.26. The van der Waals surface area contributed by atoms with Crippen LogP contribution < -0.4 is 15.8 Å². The molecule has 0 fully saturated rings. The summed E-state index contributed by atoms with van der Waals surface area (Å²) in [6.45, 7) is 2.09. The summed E-state index contributed by atoms with van der Waals surface area (Å²) in [4.78, 5) is 10.9. The number of primary amides is 1. The van der Waals surface area contributed by atoms with Crippen LogP contribution in [0.25, 0.3) is 0 Å². The summed E-state index contributed by atoms with van der Waals surface area (Å²) < 4.78 is 5.53. The highest BCUT2D eigenvalue weighted by atomic mass is 16.5. The minimum Gasteiger partial charge on any atom is -0.504 e. The van der Waals surface area contributed by atoms with Crippen LogP contribution in [0, 0.1) is 0 Å². The molecule has 0 unspecified atom stereocenters. The van der Waals surface area contributed by atoms with Crippen LogP contribution in [0.5, 0.6) is 11.5 Å². The average Bonchev–Trinajstić information content (AvgIpc) is 2.56. The molecule has 4 N–H and O–H groups in total. The molecular formula is C19H24N2O3. The zero-order valence-electron chi connectivity index (χ0n) is 13.7.